The van der Waals surface area contributed by atoms with Crippen LogP contribution in [0.1, 0.15) is 17.3 Å². The molecule has 4 N–H and O–H groups in total. The van der Waals surface area contributed by atoms with Gasteiger partial charge in [-0.15, -0.1) is 0 Å². The second kappa shape index (κ2) is 6.13. The molecule has 6 heteroatoms. The number of hydrogen-bond acceptors (Lipinski definition) is 4. The van der Waals surface area contributed by atoms with Gasteiger partial charge in [0.1, 0.15) is 17.1 Å². The number of rotatable bonds is 5. The van der Waals surface area contributed by atoms with Gasteiger partial charge in [0.05, 0.1) is 18.0 Å². The van der Waals surface area contributed by atoms with E-state index in [1.807, 2.05) is 6.92 Å². The quantitative estimate of drug-likeness (QED) is 0.736. The Labute approximate surface area is 121 Å². The minimum atomic E-state index is -1.30. The molecule has 0 saturated carbocycles. The molecule has 5 nitrogen and oxygen atoms in total. The third kappa shape index (κ3) is 3.22. The van der Waals surface area contributed by atoms with E-state index in [4.69, 9.17) is 10.5 Å². The molecule has 0 radical (unpaired) electrons. The molecule has 0 fully saturated rings. The van der Waals surface area contributed by atoms with Gasteiger partial charge in [-0.1, -0.05) is 6.07 Å². The topological polar surface area (TPSA) is 84.6 Å². The van der Waals surface area contributed by atoms with E-state index in [1.54, 1.807) is 24.3 Å². The van der Waals surface area contributed by atoms with Gasteiger partial charge < -0.3 is 20.9 Å². The highest BCUT2D eigenvalue weighted by molar-refractivity contribution is 6.00. The van der Waals surface area contributed by atoms with Crippen LogP contribution in [0.4, 0.5) is 21.5 Å². The van der Waals surface area contributed by atoms with E-state index in [0.717, 1.165) is 6.07 Å². The van der Waals surface area contributed by atoms with Crippen LogP contribution in [0.2, 0.25) is 0 Å². The number of nitrogen functional groups attached to an aromatic ring is 1. The molecule has 21 heavy (non-hydrogen) atoms. The fourth-order valence-corrected chi connectivity index (χ4v) is 1.91. The predicted octanol–water partition coefficient (Wildman–Crippen LogP) is 3.25. The number of aromatic carboxylic acids is 1. The second-order valence-corrected chi connectivity index (χ2v) is 4.27. The molecule has 0 aliphatic heterocycles. The van der Waals surface area contributed by atoms with E-state index in [0.29, 0.717) is 18.0 Å². The lowest BCUT2D eigenvalue weighted by Gasteiger charge is -2.13. The molecule has 0 unspecified atom stereocenters. The van der Waals surface area contributed by atoms with Crippen LogP contribution in [-0.4, -0.2) is 17.7 Å². The molecular weight excluding hydrogens is 275 g/mol. The van der Waals surface area contributed by atoms with Crippen LogP contribution in [0, 0.1) is 5.82 Å². The molecule has 0 saturated heterocycles. The summed E-state index contributed by atoms with van der Waals surface area (Å²) in [6, 6.07) is 9.47. The van der Waals surface area contributed by atoms with Crippen LogP contribution < -0.4 is 15.8 Å². The number of hydrogen-bond donors (Lipinski definition) is 3. The Morgan fingerprint density at radius 1 is 1.38 bits per heavy atom. The molecular formula is C15H15FN2O3. The number of carboxylic acid groups (broad SMARTS) is 1. The summed E-state index contributed by atoms with van der Waals surface area (Å²) in [4.78, 5) is 11.2. The van der Waals surface area contributed by atoms with Crippen molar-refractivity contribution in [2.45, 2.75) is 6.92 Å². The molecule has 0 aromatic heterocycles. The lowest BCUT2D eigenvalue weighted by molar-refractivity contribution is 0.0698. The number of carboxylic acids is 1. The van der Waals surface area contributed by atoms with E-state index in [2.05, 4.69) is 5.32 Å². The smallest absolute Gasteiger partial charge is 0.340 e. The van der Waals surface area contributed by atoms with Gasteiger partial charge in [0, 0.05) is 11.8 Å². The summed E-state index contributed by atoms with van der Waals surface area (Å²) in [5.41, 5.74) is 5.64. The van der Waals surface area contributed by atoms with Crippen molar-refractivity contribution >= 4 is 23.0 Å². The van der Waals surface area contributed by atoms with Crippen molar-refractivity contribution in [1.29, 1.82) is 0 Å². The summed E-state index contributed by atoms with van der Waals surface area (Å²) in [6.07, 6.45) is 0. The highest BCUT2D eigenvalue weighted by Crippen LogP contribution is 2.29. The minimum Gasteiger partial charge on any atom is -0.494 e. The lowest BCUT2D eigenvalue weighted by atomic mass is 10.1. The summed E-state index contributed by atoms with van der Waals surface area (Å²) in [5, 5.41) is 12.1. The SMILES string of the molecule is CCOc1cccc(Nc2ccc(F)c(N)c2C(=O)O)c1. The van der Waals surface area contributed by atoms with Gasteiger partial charge in [-0.05, 0) is 31.2 Å². The summed E-state index contributed by atoms with van der Waals surface area (Å²) >= 11 is 0. The van der Waals surface area contributed by atoms with Crippen LogP contribution in [0.25, 0.3) is 0 Å². The van der Waals surface area contributed by atoms with E-state index in [9.17, 15) is 14.3 Å². The monoisotopic (exact) mass is 290 g/mol. The van der Waals surface area contributed by atoms with Crippen LogP contribution in [0.3, 0.4) is 0 Å². The Kier molecular flexibility index (Phi) is 4.27. The fraction of sp³-hybridized carbons (Fsp3) is 0.133. The van der Waals surface area contributed by atoms with Gasteiger partial charge in [0.15, 0.2) is 0 Å². The summed E-state index contributed by atoms with van der Waals surface area (Å²) in [5.74, 6) is -1.41. The van der Waals surface area contributed by atoms with Gasteiger partial charge >= 0.3 is 5.97 Å². The van der Waals surface area contributed by atoms with E-state index >= 15 is 0 Å². The van der Waals surface area contributed by atoms with Crippen molar-refractivity contribution in [2.24, 2.45) is 0 Å². The minimum absolute atomic E-state index is 0.218. The van der Waals surface area contributed by atoms with Gasteiger partial charge in [0.25, 0.3) is 0 Å². The second-order valence-electron chi connectivity index (χ2n) is 4.27. The molecule has 0 spiro atoms. The number of nitrogens with two attached hydrogens (primary N) is 1. The number of halogens is 1. The van der Waals surface area contributed by atoms with Crippen LogP contribution >= 0.6 is 0 Å². The van der Waals surface area contributed by atoms with Gasteiger partial charge in [-0.3, -0.25) is 0 Å². The normalized spacial score (nSPS) is 10.2. The average molecular weight is 290 g/mol. The fourth-order valence-electron chi connectivity index (χ4n) is 1.91. The Morgan fingerprint density at radius 3 is 2.81 bits per heavy atom. The molecule has 0 atom stereocenters. The Morgan fingerprint density at radius 2 is 2.14 bits per heavy atom. The summed E-state index contributed by atoms with van der Waals surface area (Å²) < 4.78 is 18.8. The van der Waals surface area contributed by atoms with E-state index < -0.39 is 17.5 Å². The molecule has 110 valence electrons. The zero-order chi connectivity index (χ0) is 15.4. The van der Waals surface area contributed by atoms with Crippen molar-refractivity contribution in [3.63, 3.8) is 0 Å². The maximum atomic E-state index is 13.4. The molecule has 0 bridgehead atoms. The maximum Gasteiger partial charge on any atom is 0.340 e. The number of anilines is 3. The number of nitrogens with one attached hydrogen (secondary N) is 1. The molecule has 0 aliphatic carbocycles. The highest BCUT2D eigenvalue weighted by Gasteiger charge is 2.17. The molecule has 0 aliphatic rings. The first kappa shape index (κ1) is 14.6. The molecule has 2 rings (SSSR count). The van der Waals surface area contributed by atoms with Crippen molar-refractivity contribution in [2.75, 3.05) is 17.7 Å². The Bertz CT molecular complexity index is 674. The zero-order valence-electron chi connectivity index (χ0n) is 11.4. The average Bonchev–Trinajstić information content (AvgIpc) is 2.43. The molecule has 0 amide bonds. The third-order valence-electron chi connectivity index (χ3n) is 2.83. The van der Waals surface area contributed by atoms with E-state index in [-0.39, 0.29) is 11.3 Å². The van der Waals surface area contributed by atoms with Crippen LogP contribution in [-0.2, 0) is 0 Å². The Balaban J connectivity index is 2.37. The zero-order valence-corrected chi connectivity index (χ0v) is 11.4. The first-order valence-electron chi connectivity index (χ1n) is 6.34. The first-order chi connectivity index (χ1) is 10.0. The largest absolute Gasteiger partial charge is 0.494 e. The van der Waals surface area contributed by atoms with Gasteiger partial charge in [-0.25, -0.2) is 9.18 Å². The molecule has 2 aromatic rings. The number of benzene rings is 2. The predicted molar refractivity (Wildman–Crippen MR) is 78.7 cm³/mol. The maximum absolute atomic E-state index is 13.4. The van der Waals surface area contributed by atoms with Crippen molar-refractivity contribution < 1.29 is 19.0 Å². The molecule has 0 heterocycles. The highest BCUT2D eigenvalue weighted by atomic mass is 19.1. The lowest BCUT2D eigenvalue weighted by Crippen LogP contribution is -2.08. The standard InChI is InChI=1S/C15H15FN2O3/c1-2-21-10-5-3-4-9(8-10)18-12-7-6-11(16)14(17)13(12)15(19)20/h3-8,18H,2,17H2,1H3,(H,19,20). The number of carbonyl (C=O) groups is 1. The van der Waals surface area contributed by atoms with Crippen molar-refractivity contribution in [1.82, 2.24) is 0 Å². The van der Waals surface area contributed by atoms with Crippen LogP contribution in [0.5, 0.6) is 5.75 Å². The Hall–Kier alpha value is -2.76. The van der Waals surface area contributed by atoms with Crippen LogP contribution in [0.15, 0.2) is 36.4 Å². The van der Waals surface area contributed by atoms with Gasteiger partial charge in [-0.2, -0.15) is 0 Å². The van der Waals surface area contributed by atoms with Crippen molar-refractivity contribution in [3.8, 4) is 5.75 Å². The number of ether oxygens (including phenoxy) is 1. The van der Waals surface area contributed by atoms with Crippen molar-refractivity contribution in [3.05, 3.63) is 47.8 Å². The summed E-state index contributed by atoms with van der Waals surface area (Å²) in [6.45, 7) is 2.39. The summed E-state index contributed by atoms with van der Waals surface area (Å²) in [7, 11) is 0. The third-order valence-corrected chi connectivity index (χ3v) is 2.83. The van der Waals surface area contributed by atoms with E-state index in [1.165, 1.54) is 6.07 Å². The molecule has 2 aromatic carbocycles. The first-order valence-corrected chi connectivity index (χ1v) is 6.34. The van der Waals surface area contributed by atoms with Gasteiger partial charge in [0.2, 0.25) is 0 Å².